The minimum Gasteiger partial charge on any atom is -0.396 e. The van der Waals surface area contributed by atoms with E-state index in [1.807, 2.05) is 11.8 Å². The van der Waals surface area contributed by atoms with Gasteiger partial charge in [-0.3, -0.25) is 0 Å². The molecule has 0 aliphatic heterocycles. The molecule has 0 fully saturated rings. The van der Waals surface area contributed by atoms with Gasteiger partial charge in [-0.15, -0.1) is 11.8 Å². The van der Waals surface area contributed by atoms with E-state index in [4.69, 9.17) is 5.11 Å². The summed E-state index contributed by atoms with van der Waals surface area (Å²) in [7, 11) is 0. The van der Waals surface area contributed by atoms with Crippen LogP contribution in [0.1, 0.15) is 31.4 Å². The van der Waals surface area contributed by atoms with Crippen LogP contribution < -0.4 is 5.32 Å². The minimum atomic E-state index is 0.270. The third-order valence-corrected chi connectivity index (χ3v) is 4.03. The predicted molar refractivity (Wildman–Crippen MR) is 75.6 cm³/mol. The van der Waals surface area contributed by atoms with Gasteiger partial charge < -0.3 is 10.4 Å². The van der Waals surface area contributed by atoms with Crippen LogP contribution in [0.15, 0.2) is 23.1 Å². The molecular formula is C14H23NOS. The molecule has 1 unspecified atom stereocenters. The van der Waals surface area contributed by atoms with Crippen molar-refractivity contribution in [3.8, 4) is 0 Å². The first kappa shape index (κ1) is 14.6. The molecule has 0 amide bonds. The Balaban J connectivity index is 2.62. The molecule has 1 rings (SSSR count). The van der Waals surface area contributed by atoms with Crippen LogP contribution in [0.25, 0.3) is 0 Å². The summed E-state index contributed by atoms with van der Waals surface area (Å²) in [5.74, 6) is 0. The summed E-state index contributed by atoms with van der Waals surface area (Å²) in [6.07, 6.45) is 0.850. The smallest absolute Gasteiger partial charge is 0.0441 e. The number of hydrogen-bond acceptors (Lipinski definition) is 3. The highest BCUT2D eigenvalue weighted by Gasteiger charge is 2.06. The molecule has 0 saturated heterocycles. The number of aryl methyl sites for hydroxylation is 1. The second-order valence-electron chi connectivity index (χ2n) is 4.32. The Morgan fingerprint density at radius 3 is 2.76 bits per heavy atom. The van der Waals surface area contributed by atoms with Gasteiger partial charge in [0.05, 0.1) is 0 Å². The Labute approximate surface area is 109 Å². The first-order valence-corrected chi connectivity index (χ1v) is 7.13. The third kappa shape index (κ3) is 5.11. The fourth-order valence-electron chi connectivity index (χ4n) is 1.68. The molecule has 1 aromatic carbocycles. The van der Waals surface area contributed by atoms with Crippen LogP contribution in [-0.4, -0.2) is 23.5 Å². The largest absolute Gasteiger partial charge is 0.396 e. The molecule has 2 nitrogen and oxygen atoms in total. The van der Waals surface area contributed by atoms with E-state index in [0.717, 1.165) is 19.5 Å². The van der Waals surface area contributed by atoms with E-state index in [1.165, 1.54) is 16.0 Å². The van der Waals surface area contributed by atoms with Gasteiger partial charge in [-0.25, -0.2) is 0 Å². The van der Waals surface area contributed by atoms with Crippen LogP contribution in [0.2, 0.25) is 0 Å². The van der Waals surface area contributed by atoms with Gasteiger partial charge in [0.25, 0.3) is 0 Å². The topological polar surface area (TPSA) is 32.3 Å². The Bertz CT molecular complexity index is 341. The van der Waals surface area contributed by atoms with Gasteiger partial charge in [0.1, 0.15) is 0 Å². The van der Waals surface area contributed by atoms with Crippen molar-refractivity contribution in [1.82, 2.24) is 5.32 Å². The molecule has 1 atom stereocenters. The molecule has 0 heterocycles. The van der Waals surface area contributed by atoms with Gasteiger partial charge in [-0.2, -0.15) is 0 Å². The zero-order valence-corrected chi connectivity index (χ0v) is 11.8. The Kier molecular flexibility index (Phi) is 6.63. The molecule has 2 N–H and O–H groups in total. The average molecular weight is 253 g/mol. The summed E-state index contributed by atoms with van der Waals surface area (Å²) in [5, 5.41) is 12.7. The van der Waals surface area contributed by atoms with Crippen LogP contribution in [0, 0.1) is 6.92 Å². The molecule has 0 aliphatic rings. The van der Waals surface area contributed by atoms with Crippen molar-refractivity contribution in [3.63, 3.8) is 0 Å². The molecule has 17 heavy (non-hydrogen) atoms. The lowest BCUT2D eigenvalue weighted by atomic mass is 10.1. The van der Waals surface area contributed by atoms with E-state index in [-0.39, 0.29) is 6.61 Å². The molecule has 0 aliphatic carbocycles. The second-order valence-corrected chi connectivity index (χ2v) is 5.80. The van der Waals surface area contributed by atoms with Crippen LogP contribution >= 0.6 is 11.8 Å². The lowest BCUT2D eigenvalue weighted by Crippen LogP contribution is -2.11. The standard InChI is InChI=1S/C14H23NOS/c1-4-15-10-13-5-6-14(11(2)9-13)17-12(3)7-8-16/h5-6,9,12,15-16H,4,7-8,10H2,1-3H3. The number of thioether (sulfide) groups is 1. The van der Waals surface area contributed by atoms with Crippen molar-refractivity contribution < 1.29 is 5.11 Å². The van der Waals surface area contributed by atoms with E-state index in [9.17, 15) is 0 Å². The maximum Gasteiger partial charge on any atom is 0.0441 e. The van der Waals surface area contributed by atoms with Gasteiger partial charge >= 0.3 is 0 Å². The maximum absolute atomic E-state index is 8.90. The number of aliphatic hydroxyl groups is 1. The number of nitrogens with one attached hydrogen (secondary N) is 1. The fraction of sp³-hybridized carbons (Fsp3) is 0.571. The Morgan fingerprint density at radius 2 is 2.18 bits per heavy atom. The van der Waals surface area contributed by atoms with E-state index < -0.39 is 0 Å². The van der Waals surface area contributed by atoms with Crippen LogP contribution in [0.5, 0.6) is 0 Å². The number of aliphatic hydroxyl groups excluding tert-OH is 1. The normalized spacial score (nSPS) is 12.7. The fourth-order valence-corrected chi connectivity index (χ4v) is 2.73. The summed E-state index contributed by atoms with van der Waals surface area (Å²) < 4.78 is 0. The molecular weight excluding hydrogens is 230 g/mol. The predicted octanol–water partition coefficient (Wildman–Crippen LogP) is 2.97. The minimum absolute atomic E-state index is 0.270. The monoisotopic (exact) mass is 253 g/mol. The van der Waals surface area contributed by atoms with Crippen molar-refractivity contribution in [3.05, 3.63) is 29.3 Å². The molecule has 0 bridgehead atoms. The van der Waals surface area contributed by atoms with Crippen molar-refractivity contribution in [2.75, 3.05) is 13.2 Å². The van der Waals surface area contributed by atoms with Crippen molar-refractivity contribution in [2.45, 2.75) is 43.9 Å². The van der Waals surface area contributed by atoms with Crippen molar-refractivity contribution in [1.29, 1.82) is 0 Å². The van der Waals surface area contributed by atoms with Crippen molar-refractivity contribution in [2.24, 2.45) is 0 Å². The van der Waals surface area contributed by atoms with E-state index in [0.29, 0.717) is 5.25 Å². The summed E-state index contributed by atoms with van der Waals surface area (Å²) in [6, 6.07) is 6.63. The van der Waals surface area contributed by atoms with E-state index >= 15 is 0 Å². The molecule has 3 heteroatoms. The molecule has 96 valence electrons. The second kappa shape index (κ2) is 7.75. The van der Waals surface area contributed by atoms with Gasteiger partial charge in [0.2, 0.25) is 0 Å². The van der Waals surface area contributed by atoms with Crippen LogP contribution in [0.4, 0.5) is 0 Å². The quantitative estimate of drug-likeness (QED) is 0.733. The van der Waals surface area contributed by atoms with Gasteiger partial charge in [-0.05, 0) is 37.1 Å². The lowest BCUT2D eigenvalue weighted by Gasteiger charge is -2.13. The molecule has 0 saturated carbocycles. The van der Waals surface area contributed by atoms with E-state index in [2.05, 4.69) is 44.3 Å². The highest BCUT2D eigenvalue weighted by molar-refractivity contribution is 8.00. The first-order chi connectivity index (χ1) is 8.17. The zero-order chi connectivity index (χ0) is 12.7. The number of hydrogen-bond donors (Lipinski definition) is 2. The first-order valence-electron chi connectivity index (χ1n) is 6.25. The van der Waals surface area contributed by atoms with Crippen LogP contribution in [-0.2, 0) is 6.54 Å². The summed E-state index contributed by atoms with van der Waals surface area (Å²) in [5.41, 5.74) is 2.67. The highest BCUT2D eigenvalue weighted by Crippen LogP contribution is 2.28. The summed E-state index contributed by atoms with van der Waals surface area (Å²) >= 11 is 1.85. The van der Waals surface area contributed by atoms with Gasteiger partial charge in [0, 0.05) is 23.3 Å². The van der Waals surface area contributed by atoms with Crippen molar-refractivity contribution >= 4 is 11.8 Å². The molecule has 0 aromatic heterocycles. The number of benzene rings is 1. The Hall–Kier alpha value is -0.510. The molecule has 1 aromatic rings. The maximum atomic E-state index is 8.90. The lowest BCUT2D eigenvalue weighted by molar-refractivity contribution is 0.289. The van der Waals surface area contributed by atoms with Crippen LogP contribution in [0.3, 0.4) is 0 Å². The van der Waals surface area contributed by atoms with E-state index in [1.54, 1.807) is 0 Å². The number of rotatable bonds is 7. The summed E-state index contributed by atoms with van der Waals surface area (Å²) in [6.45, 7) is 8.65. The zero-order valence-electron chi connectivity index (χ0n) is 11.0. The third-order valence-electron chi connectivity index (χ3n) is 2.68. The molecule has 0 spiro atoms. The van der Waals surface area contributed by atoms with Gasteiger partial charge in [0.15, 0.2) is 0 Å². The Morgan fingerprint density at radius 1 is 1.41 bits per heavy atom. The SMILES string of the molecule is CCNCc1ccc(SC(C)CCO)c(C)c1. The van der Waals surface area contributed by atoms with Gasteiger partial charge in [-0.1, -0.05) is 26.0 Å². The summed E-state index contributed by atoms with van der Waals surface area (Å²) in [4.78, 5) is 1.33. The average Bonchev–Trinajstić information content (AvgIpc) is 2.30. The highest BCUT2D eigenvalue weighted by atomic mass is 32.2. The molecule has 0 radical (unpaired) electrons.